The monoisotopic (exact) mass is 390 g/mol. The lowest BCUT2D eigenvalue weighted by Crippen LogP contribution is -2.63. The smallest absolute Gasteiger partial charge is 0.317 e. The molecule has 156 valence electrons. The molecular weight excluding hydrogens is 356 g/mol. The van der Waals surface area contributed by atoms with Crippen LogP contribution >= 0.6 is 0 Å². The van der Waals surface area contributed by atoms with Gasteiger partial charge < -0.3 is 19.0 Å². The van der Waals surface area contributed by atoms with E-state index >= 15 is 0 Å². The summed E-state index contributed by atoms with van der Waals surface area (Å²) in [7, 11) is 3.08. The Labute approximate surface area is 168 Å². The second-order valence-electron chi connectivity index (χ2n) is 9.93. The largest absolute Gasteiger partial charge is 0.468 e. The highest BCUT2D eigenvalue weighted by Gasteiger charge is 2.84. The third-order valence-corrected chi connectivity index (χ3v) is 8.85. The number of esters is 1. The summed E-state index contributed by atoms with van der Waals surface area (Å²) in [4.78, 5) is 26.6. The number of carbonyl (C=O) groups excluding carboxylic acids is 2. The van der Waals surface area contributed by atoms with Gasteiger partial charge in [-0.2, -0.15) is 0 Å². The van der Waals surface area contributed by atoms with Crippen LogP contribution in [0.4, 0.5) is 0 Å². The van der Waals surface area contributed by atoms with Crippen LogP contribution < -0.4 is 0 Å². The quantitative estimate of drug-likeness (QED) is 0.218. The Morgan fingerprint density at radius 2 is 2.04 bits per heavy atom. The van der Waals surface area contributed by atoms with Crippen LogP contribution in [0.5, 0.6) is 0 Å². The van der Waals surface area contributed by atoms with Crippen molar-refractivity contribution in [2.75, 3.05) is 27.6 Å². The molecule has 3 saturated carbocycles. The molecule has 4 bridgehead atoms. The molecule has 4 aliphatic carbocycles. The van der Waals surface area contributed by atoms with Gasteiger partial charge in [-0.15, -0.1) is 0 Å². The lowest BCUT2D eigenvalue weighted by molar-refractivity contribution is -0.193. The van der Waals surface area contributed by atoms with Crippen LogP contribution in [0, 0.1) is 45.8 Å². The highest BCUT2D eigenvalue weighted by atomic mass is 16.7. The molecule has 7 atom stereocenters. The van der Waals surface area contributed by atoms with Gasteiger partial charge in [0.2, 0.25) is 0 Å². The Hall–Kier alpha value is -1.20. The topological polar surface area (TPSA) is 61.8 Å². The number of rotatable bonds is 7. The number of carbonyl (C=O) groups is 2. The van der Waals surface area contributed by atoms with E-state index in [9.17, 15) is 9.59 Å². The summed E-state index contributed by atoms with van der Waals surface area (Å²) in [6.45, 7) is 7.19. The molecule has 0 spiro atoms. The maximum atomic E-state index is 13.7. The van der Waals surface area contributed by atoms with Gasteiger partial charge in [0.05, 0.1) is 19.1 Å². The molecule has 5 heteroatoms. The van der Waals surface area contributed by atoms with Crippen molar-refractivity contribution >= 4 is 12.3 Å². The maximum absolute atomic E-state index is 13.7. The first-order valence-electron chi connectivity index (χ1n) is 10.7. The highest BCUT2D eigenvalue weighted by Crippen LogP contribution is 2.82. The average molecular weight is 391 g/mol. The van der Waals surface area contributed by atoms with E-state index in [1.807, 2.05) is 0 Å². The first kappa shape index (κ1) is 20.1. The number of hydrogen-bond donors (Lipinski definition) is 0. The number of methoxy groups -OCH3 is 2. The van der Waals surface area contributed by atoms with E-state index in [4.69, 9.17) is 14.2 Å². The lowest BCUT2D eigenvalue weighted by atomic mass is 9.43. The fraction of sp³-hybridized carbons (Fsp3) is 0.826. The fourth-order valence-electron chi connectivity index (χ4n) is 8.07. The zero-order valence-corrected chi connectivity index (χ0v) is 17.8. The molecule has 28 heavy (non-hydrogen) atoms. The molecule has 0 aromatic carbocycles. The lowest BCUT2D eigenvalue weighted by Gasteiger charge is -2.58. The summed E-state index contributed by atoms with van der Waals surface area (Å²) in [6.07, 6.45) is 7.26. The summed E-state index contributed by atoms with van der Waals surface area (Å²) in [5, 5.41) is 0. The molecule has 4 aliphatic rings. The van der Waals surface area contributed by atoms with Crippen molar-refractivity contribution in [3.05, 3.63) is 11.6 Å². The number of aldehydes is 1. The van der Waals surface area contributed by atoms with Gasteiger partial charge in [-0.25, -0.2) is 0 Å². The molecule has 0 radical (unpaired) electrons. The zero-order valence-electron chi connectivity index (χ0n) is 17.8. The van der Waals surface area contributed by atoms with Crippen LogP contribution in [0.1, 0.15) is 46.5 Å². The van der Waals surface area contributed by atoms with E-state index in [1.165, 1.54) is 7.11 Å². The van der Waals surface area contributed by atoms with Crippen LogP contribution in [-0.2, 0) is 23.8 Å². The minimum absolute atomic E-state index is 0.170. The van der Waals surface area contributed by atoms with Gasteiger partial charge in [0.15, 0.2) is 0 Å². The summed E-state index contributed by atoms with van der Waals surface area (Å²) in [5.74, 6) is 1.39. The number of fused-ring (bicyclic) bond motifs is 2. The summed E-state index contributed by atoms with van der Waals surface area (Å²) in [5.41, 5.74) is -0.905. The predicted molar refractivity (Wildman–Crippen MR) is 104 cm³/mol. The molecule has 0 heterocycles. The second kappa shape index (κ2) is 6.66. The van der Waals surface area contributed by atoms with Crippen molar-refractivity contribution in [3.63, 3.8) is 0 Å². The third kappa shape index (κ3) is 2.05. The molecule has 4 rings (SSSR count). The van der Waals surface area contributed by atoms with E-state index < -0.39 is 16.2 Å². The van der Waals surface area contributed by atoms with E-state index in [-0.39, 0.29) is 30.5 Å². The van der Waals surface area contributed by atoms with Gasteiger partial charge in [0.1, 0.15) is 18.5 Å². The van der Waals surface area contributed by atoms with Crippen molar-refractivity contribution in [2.45, 2.75) is 46.5 Å². The zero-order chi connectivity index (χ0) is 20.3. The van der Waals surface area contributed by atoms with E-state index in [2.05, 4.69) is 26.8 Å². The number of hydrogen-bond acceptors (Lipinski definition) is 5. The predicted octanol–water partition coefficient (Wildman–Crippen LogP) is 3.62. The second-order valence-corrected chi connectivity index (χ2v) is 9.93. The molecule has 5 nitrogen and oxygen atoms in total. The van der Waals surface area contributed by atoms with Crippen LogP contribution in [0.15, 0.2) is 11.6 Å². The number of ether oxygens (including phenoxy) is 3. The van der Waals surface area contributed by atoms with Crippen LogP contribution in [-0.4, -0.2) is 39.9 Å². The van der Waals surface area contributed by atoms with E-state index in [0.29, 0.717) is 18.4 Å². The van der Waals surface area contributed by atoms with Gasteiger partial charge in [0.25, 0.3) is 0 Å². The molecule has 0 aromatic heterocycles. The third-order valence-electron chi connectivity index (χ3n) is 8.85. The van der Waals surface area contributed by atoms with Gasteiger partial charge in [-0.1, -0.05) is 38.8 Å². The van der Waals surface area contributed by atoms with Gasteiger partial charge in [-0.3, -0.25) is 4.79 Å². The van der Waals surface area contributed by atoms with Crippen molar-refractivity contribution < 1.29 is 23.8 Å². The van der Waals surface area contributed by atoms with Crippen LogP contribution in [0.2, 0.25) is 0 Å². The molecule has 0 aliphatic heterocycles. The fourth-order valence-corrected chi connectivity index (χ4v) is 8.07. The van der Waals surface area contributed by atoms with Gasteiger partial charge in [-0.05, 0) is 48.9 Å². The average Bonchev–Trinajstić information content (AvgIpc) is 3.24. The van der Waals surface area contributed by atoms with Crippen LogP contribution in [0.3, 0.4) is 0 Å². The Bertz CT molecular complexity index is 699. The molecule has 0 aromatic rings. The standard InChI is InChI=1S/C23H34O5/c1-14(2)19-8-16-9-21(11-24)18-7-6-15(3)17(18)10-22(16,12-28-13-26-4)23(19,21)20(25)27-5/h8,11,14-18H,6-7,9-10,12-13H2,1-5H3/t15-,16-,17-,18-,21+,22?,23+/m1/s1. The molecule has 3 fully saturated rings. The minimum atomic E-state index is -0.908. The SMILES string of the molecule is COCOCC12C[C@@H]3[C@H](C)CC[C@H]3[C@@]3(C=O)C[C@H]1C=C(C(C)C)[C@@]23C(=O)OC. The molecule has 0 N–H and O–H groups in total. The number of allylic oxidation sites excluding steroid dienone is 1. The Morgan fingerprint density at radius 1 is 1.29 bits per heavy atom. The Morgan fingerprint density at radius 3 is 2.64 bits per heavy atom. The van der Waals surface area contributed by atoms with Crippen molar-refractivity contribution in [3.8, 4) is 0 Å². The normalized spacial score (nSPS) is 45.9. The molecule has 0 amide bonds. The van der Waals surface area contributed by atoms with E-state index in [0.717, 1.165) is 37.5 Å². The molecular formula is C23H34O5. The minimum Gasteiger partial charge on any atom is -0.468 e. The summed E-state index contributed by atoms with van der Waals surface area (Å²) in [6, 6.07) is 0. The van der Waals surface area contributed by atoms with Crippen LogP contribution in [0.25, 0.3) is 0 Å². The van der Waals surface area contributed by atoms with Crippen molar-refractivity contribution in [1.82, 2.24) is 0 Å². The first-order chi connectivity index (χ1) is 13.4. The van der Waals surface area contributed by atoms with Crippen molar-refractivity contribution in [1.29, 1.82) is 0 Å². The van der Waals surface area contributed by atoms with Gasteiger partial charge in [0, 0.05) is 12.5 Å². The van der Waals surface area contributed by atoms with Crippen molar-refractivity contribution in [2.24, 2.45) is 45.8 Å². The highest BCUT2D eigenvalue weighted by molar-refractivity contribution is 5.91. The van der Waals surface area contributed by atoms with Gasteiger partial charge >= 0.3 is 5.97 Å². The Balaban J connectivity index is 1.95. The van der Waals surface area contributed by atoms with E-state index in [1.54, 1.807) is 7.11 Å². The summed E-state index contributed by atoms with van der Waals surface area (Å²) >= 11 is 0. The maximum Gasteiger partial charge on any atom is 0.317 e. The molecule has 1 unspecified atom stereocenters. The summed E-state index contributed by atoms with van der Waals surface area (Å²) < 4.78 is 16.6. The first-order valence-corrected chi connectivity index (χ1v) is 10.7. The molecule has 0 saturated heterocycles. The Kier molecular flexibility index (Phi) is 4.78.